The van der Waals surface area contributed by atoms with E-state index in [0.29, 0.717) is 11.4 Å². The summed E-state index contributed by atoms with van der Waals surface area (Å²) in [6, 6.07) is 23.2. The number of fused-ring (bicyclic) bond motifs is 3. The van der Waals surface area contributed by atoms with Crippen LogP contribution in [0.4, 0.5) is 0 Å². The van der Waals surface area contributed by atoms with Crippen LogP contribution in [-0.2, 0) is 0 Å². The summed E-state index contributed by atoms with van der Waals surface area (Å²) in [6.07, 6.45) is 4.77. The SMILES string of the molecule is CCC1C/C(=C2/c3cc(B(O)O)ccc3-c3cc(-c4ccccc4)ccc32)CC(C)C1. The molecule has 0 saturated heterocycles. The summed E-state index contributed by atoms with van der Waals surface area (Å²) in [5, 5.41) is 19.6. The molecule has 3 aromatic carbocycles. The first-order valence-corrected chi connectivity index (χ1v) is 11.5. The van der Waals surface area contributed by atoms with Crippen LogP contribution in [0.15, 0.2) is 72.3 Å². The highest BCUT2D eigenvalue weighted by molar-refractivity contribution is 6.58. The molecule has 0 amide bonds. The molecule has 0 heterocycles. The standard InChI is InChI=1S/C28H29BO2/c1-3-19-13-18(2)14-22(15-19)28-25-11-9-21(20-7-5-4-6-8-20)16-26(25)24-12-10-23(29(30)31)17-27(24)28/h4-12,16-19,30-31H,3,13-15H2,1-2H3/b28-22+. The molecule has 0 spiro atoms. The van der Waals surface area contributed by atoms with Crippen molar-refractivity contribution in [2.75, 3.05) is 0 Å². The van der Waals surface area contributed by atoms with Crippen LogP contribution in [0, 0.1) is 11.8 Å². The van der Waals surface area contributed by atoms with Crippen molar-refractivity contribution in [1.82, 2.24) is 0 Å². The van der Waals surface area contributed by atoms with Gasteiger partial charge in [0.05, 0.1) is 0 Å². The molecule has 0 radical (unpaired) electrons. The van der Waals surface area contributed by atoms with Crippen LogP contribution in [0.25, 0.3) is 27.8 Å². The van der Waals surface area contributed by atoms with Gasteiger partial charge in [0.25, 0.3) is 0 Å². The fourth-order valence-corrected chi connectivity index (χ4v) is 5.59. The van der Waals surface area contributed by atoms with Gasteiger partial charge in [-0.3, -0.25) is 0 Å². The predicted octanol–water partition coefficient (Wildman–Crippen LogP) is 5.66. The highest BCUT2D eigenvalue weighted by atomic mass is 16.4. The first-order chi connectivity index (χ1) is 15.0. The van der Waals surface area contributed by atoms with Crippen molar-refractivity contribution >= 4 is 18.2 Å². The molecule has 0 aromatic heterocycles. The van der Waals surface area contributed by atoms with E-state index in [4.69, 9.17) is 0 Å². The van der Waals surface area contributed by atoms with Crippen LogP contribution in [0.5, 0.6) is 0 Å². The van der Waals surface area contributed by atoms with Gasteiger partial charge in [-0.05, 0) is 81.6 Å². The third-order valence-corrected chi connectivity index (χ3v) is 7.09. The third kappa shape index (κ3) is 3.67. The molecule has 0 aliphatic heterocycles. The summed E-state index contributed by atoms with van der Waals surface area (Å²) in [5.41, 5.74) is 10.8. The Balaban J connectivity index is 1.72. The van der Waals surface area contributed by atoms with Crippen LogP contribution < -0.4 is 5.46 Å². The molecule has 2 N–H and O–H groups in total. The van der Waals surface area contributed by atoms with Crippen molar-refractivity contribution in [3.8, 4) is 22.3 Å². The second-order valence-corrected chi connectivity index (χ2v) is 9.31. The molecule has 1 saturated carbocycles. The molecule has 31 heavy (non-hydrogen) atoms. The van der Waals surface area contributed by atoms with Gasteiger partial charge in [-0.15, -0.1) is 0 Å². The second kappa shape index (κ2) is 8.14. The average molecular weight is 408 g/mol. The molecule has 0 bridgehead atoms. The van der Waals surface area contributed by atoms with E-state index in [9.17, 15) is 10.0 Å². The van der Waals surface area contributed by atoms with Gasteiger partial charge in [0.15, 0.2) is 0 Å². The Kier molecular flexibility index (Phi) is 5.33. The minimum absolute atomic E-state index is 0.559. The number of allylic oxidation sites excluding steroid dienone is 1. The Morgan fingerprint density at radius 1 is 0.806 bits per heavy atom. The highest BCUT2D eigenvalue weighted by Crippen LogP contribution is 2.50. The first kappa shape index (κ1) is 20.3. The molecular formula is C28H29BO2. The maximum Gasteiger partial charge on any atom is 0.488 e. The van der Waals surface area contributed by atoms with E-state index in [-0.39, 0.29) is 0 Å². The monoisotopic (exact) mass is 408 g/mol. The Morgan fingerprint density at radius 2 is 1.58 bits per heavy atom. The van der Waals surface area contributed by atoms with E-state index in [1.807, 2.05) is 18.2 Å². The molecule has 5 rings (SSSR count). The van der Waals surface area contributed by atoms with Gasteiger partial charge in [-0.1, -0.05) is 86.5 Å². The van der Waals surface area contributed by atoms with Crippen molar-refractivity contribution in [3.05, 3.63) is 83.4 Å². The van der Waals surface area contributed by atoms with Crippen LogP contribution in [0.3, 0.4) is 0 Å². The van der Waals surface area contributed by atoms with Gasteiger partial charge in [0, 0.05) is 0 Å². The van der Waals surface area contributed by atoms with E-state index >= 15 is 0 Å². The molecule has 1 fully saturated rings. The normalized spacial score (nSPS) is 22.2. The summed E-state index contributed by atoms with van der Waals surface area (Å²) in [7, 11) is -1.45. The molecule has 2 aliphatic rings. The van der Waals surface area contributed by atoms with Crippen molar-refractivity contribution < 1.29 is 10.0 Å². The molecule has 3 aromatic rings. The maximum atomic E-state index is 9.82. The lowest BCUT2D eigenvalue weighted by Gasteiger charge is -2.30. The summed E-state index contributed by atoms with van der Waals surface area (Å²) in [5.74, 6) is 1.41. The lowest BCUT2D eigenvalue weighted by molar-refractivity contribution is 0.330. The number of hydrogen-bond acceptors (Lipinski definition) is 2. The molecule has 3 heteroatoms. The maximum absolute atomic E-state index is 9.82. The van der Waals surface area contributed by atoms with Crippen molar-refractivity contribution in [1.29, 1.82) is 0 Å². The van der Waals surface area contributed by atoms with Gasteiger partial charge < -0.3 is 10.0 Å². The number of rotatable bonds is 3. The topological polar surface area (TPSA) is 40.5 Å². The van der Waals surface area contributed by atoms with Crippen LogP contribution in [0.1, 0.15) is 50.7 Å². The van der Waals surface area contributed by atoms with E-state index in [1.54, 1.807) is 0 Å². The van der Waals surface area contributed by atoms with Crippen molar-refractivity contribution in [2.45, 2.75) is 39.5 Å². The van der Waals surface area contributed by atoms with Gasteiger partial charge in [0.1, 0.15) is 0 Å². The van der Waals surface area contributed by atoms with Crippen LogP contribution in [0.2, 0.25) is 0 Å². The zero-order chi connectivity index (χ0) is 21.5. The lowest BCUT2D eigenvalue weighted by atomic mass is 9.74. The summed E-state index contributed by atoms with van der Waals surface area (Å²) in [4.78, 5) is 0. The van der Waals surface area contributed by atoms with E-state index in [0.717, 1.165) is 24.3 Å². The van der Waals surface area contributed by atoms with Crippen LogP contribution in [-0.4, -0.2) is 17.2 Å². The number of benzene rings is 3. The number of hydrogen-bond donors (Lipinski definition) is 2. The lowest BCUT2D eigenvalue weighted by Crippen LogP contribution is -2.29. The summed E-state index contributed by atoms with van der Waals surface area (Å²) in [6.45, 7) is 4.67. The fourth-order valence-electron chi connectivity index (χ4n) is 5.59. The third-order valence-electron chi connectivity index (χ3n) is 7.09. The Labute approximate surface area is 185 Å². The quantitative estimate of drug-likeness (QED) is 0.430. The minimum Gasteiger partial charge on any atom is -0.423 e. The summed E-state index contributed by atoms with van der Waals surface area (Å²) >= 11 is 0. The minimum atomic E-state index is -1.45. The fraction of sp³-hybridized carbons (Fsp3) is 0.286. The second-order valence-electron chi connectivity index (χ2n) is 9.31. The zero-order valence-corrected chi connectivity index (χ0v) is 18.3. The first-order valence-electron chi connectivity index (χ1n) is 11.5. The van der Waals surface area contributed by atoms with Gasteiger partial charge >= 0.3 is 7.12 Å². The van der Waals surface area contributed by atoms with Crippen molar-refractivity contribution in [2.24, 2.45) is 11.8 Å². The molecule has 2 nitrogen and oxygen atoms in total. The molecule has 2 aliphatic carbocycles. The predicted molar refractivity (Wildman–Crippen MR) is 130 cm³/mol. The van der Waals surface area contributed by atoms with Gasteiger partial charge in [-0.25, -0.2) is 0 Å². The van der Waals surface area contributed by atoms with Crippen molar-refractivity contribution in [3.63, 3.8) is 0 Å². The van der Waals surface area contributed by atoms with Gasteiger partial charge in [-0.2, -0.15) is 0 Å². The van der Waals surface area contributed by atoms with E-state index < -0.39 is 7.12 Å². The average Bonchev–Trinajstić information content (AvgIpc) is 3.12. The van der Waals surface area contributed by atoms with E-state index in [2.05, 4.69) is 62.4 Å². The largest absolute Gasteiger partial charge is 0.488 e. The molecule has 2 atom stereocenters. The van der Waals surface area contributed by atoms with E-state index in [1.165, 1.54) is 51.8 Å². The Hall–Kier alpha value is -2.62. The van der Waals surface area contributed by atoms with Gasteiger partial charge in [0.2, 0.25) is 0 Å². The Morgan fingerprint density at radius 3 is 2.32 bits per heavy atom. The van der Waals surface area contributed by atoms with Crippen LogP contribution >= 0.6 is 0 Å². The smallest absolute Gasteiger partial charge is 0.423 e. The zero-order valence-electron chi connectivity index (χ0n) is 18.3. The Bertz CT molecular complexity index is 1150. The highest BCUT2D eigenvalue weighted by Gasteiger charge is 2.31. The summed E-state index contributed by atoms with van der Waals surface area (Å²) < 4.78 is 0. The molecular weight excluding hydrogens is 379 g/mol. The molecule has 2 unspecified atom stereocenters. The molecule has 156 valence electrons.